The van der Waals surface area contributed by atoms with E-state index in [0.29, 0.717) is 16.3 Å². The van der Waals surface area contributed by atoms with Gasteiger partial charge < -0.3 is 15.2 Å². The van der Waals surface area contributed by atoms with Crippen LogP contribution in [0.5, 0.6) is 11.5 Å². The van der Waals surface area contributed by atoms with Crippen molar-refractivity contribution in [2.24, 2.45) is 0 Å². The van der Waals surface area contributed by atoms with E-state index in [1.165, 1.54) is 12.8 Å². The zero-order valence-corrected chi connectivity index (χ0v) is 13.7. The smallest absolute Gasteiger partial charge is 0.172 e. The highest BCUT2D eigenvalue weighted by molar-refractivity contribution is 9.10. The van der Waals surface area contributed by atoms with Crippen molar-refractivity contribution in [1.82, 2.24) is 10.2 Å². The molecular formula is C15H23BrN2O2. The molecule has 2 N–H and O–H groups in total. The van der Waals surface area contributed by atoms with Crippen molar-refractivity contribution in [1.29, 1.82) is 0 Å². The molecule has 1 fully saturated rings. The fourth-order valence-corrected chi connectivity index (χ4v) is 3.15. The van der Waals surface area contributed by atoms with E-state index in [1.807, 2.05) is 12.1 Å². The monoisotopic (exact) mass is 342 g/mol. The van der Waals surface area contributed by atoms with Gasteiger partial charge in [0.2, 0.25) is 0 Å². The van der Waals surface area contributed by atoms with Crippen molar-refractivity contribution < 1.29 is 9.84 Å². The van der Waals surface area contributed by atoms with E-state index < -0.39 is 0 Å². The largest absolute Gasteiger partial charge is 0.503 e. The zero-order valence-electron chi connectivity index (χ0n) is 12.2. The number of phenolic OH excluding ortho intramolecular Hbond substituents is 1. The summed E-state index contributed by atoms with van der Waals surface area (Å²) in [5.74, 6) is 0.682. The van der Waals surface area contributed by atoms with Crippen LogP contribution in [-0.4, -0.2) is 42.8 Å². The lowest BCUT2D eigenvalue weighted by Crippen LogP contribution is -2.37. The Labute approximate surface area is 129 Å². The van der Waals surface area contributed by atoms with Crippen LogP contribution in [0.15, 0.2) is 16.6 Å². The van der Waals surface area contributed by atoms with E-state index in [0.717, 1.165) is 31.7 Å². The number of nitrogens with zero attached hydrogens (tertiary/aromatic N) is 1. The molecule has 0 aromatic heterocycles. The third-order valence-electron chi connectivity index (χ3n) is 3.80. The van der Waals surface area contributed by atoms with Crippen LogP contribution in [0.4, 0.5) is 0 Å². The summed E-state index contributed by atoms with van der Waals surface area (Å²) in [6.07, 6.45) is 2.54. The van der Waals surface area contributed by atoms with Gasteiger partial charge in [-0.3, -0.25) is 4.90 Å². The minimum absolute atomic E-state index is 0.164. The Balaban J connectivity index is 2.04. The molecule has 1 aliphatic heterocycles. The summed E-state index contributed by atoms with van der Waals surface area (Å²) in [5, 5.41) is 13.4. The van der Waals surface area contributed by atoms with Gasteiger partial charge in [0.15, 0.2) is 11.5 Å². The van der Waals surface area contributed by atoms with Crippen molar-refractivity contribution in [2.75, 3.05) is 26.7 Å². The Bertz CT molecular complexity index is 448. The lowest BCUT2D eigenvalue weighted by atomic mass is 10.1. The number of likely N-dealkylation sites (N-methyl/N-ethyl adjacent to an activating group) is 1. The molecule has 4 nitrogen and oxygen atoms in total. The normalized spacial score (nSPS) is 18.7. The van der Waals surface area contributed by atoms with Crippen LogP contribution >= 0.6 is 15.9 Å². The summed E-state index contributed by atoms with van der Waals surface area (Å²) in [7, 11) is 1.57. The second kappa shape index (κ2) is 7.29. The molecule has 0 bridgehead atoms. The highest BCUT2D eigenvalue weighted by atomic mass is 79.9. The Morgan fingerprint density at radius 2 is 2.30 bits per heavy atom. The number of methoxy groups -OCH3 is 1. The molecule has 5 heteroatoms. The second-order valence-electron chi connectivity index (χ2n) is 5.25. The summed E-state index contributed by atoms with van der Waals surface area (Å²) in [6, 6.07) is 4.48. The molecule has 1 heterocycles. The fraction of sp³-hybridized carbons (Fsp3) is 0.600. The first-order chi connectivity index (χ1) is 9.63. The molecule has 1 saturated heterocycles. The van der Waals surface area contributed by atoms with E-state index in [9.17, 15) is 5.11 Å². The summed E-state index contributed by atoms with van der Waals surface area (Å²) < 4.78 is 5.89. The first-order valence-electron chi connectivity index (χ1n) is 7.15. The molecule has 2 rings (SSSR count). The predicted molar refractivity (Wildman–Crippen MR) is 84.3 cm³/mol. The number of hydrogen-bond donors (Lipinski definition) is 2. The highest BCUT2D eigenvalue weighted by Crippen LogP contribution is 2.35. The van der Waals surface area contributed by atoms with Gasteiger partial charge in [-0.15, -0.1) is 0 Å². The lowest BCUT2D eigenvalue weighted by molar-refractivity contribution is 0.253. The average Bonchev–Trinajstić information content (AvgIpc) is 2.94. The lowest BCUT2D eigenvalue weighted by Gasteiger charge is -2.24. The number of hydrogen-bond acceptors (Lipinski definition) is 4. The van der Waals surface area contributed by atoms with Gasteiger partial charge in [0.25, 0.3) is 0 Å². The molecule has 1 unspecified atom stereocenters. The van der Waals surface area contributed by atoms with Crippen LogP contribution < -0.4 is 10.1 Å². The van der Waals surface area contributed by atoms with Gasteiger partial charge >= 0.3 is 0 Å². The molecule has 0 radical (unpaired) electrons. The number of rotatable bonds is 6. The van der Waals surface area contributed by atoms with Crippen LogP contribution in [0.3, 0.4) is 0 Å². The van der Waals surface area contributed by atoms with Gasteiger partial charge in [-0.25, -0.2) is 0 Å². The van der Waals surface area contributed by atoms with E-state index >= 15 is 0 Å². The van der Waals surface area contributed by atoms with E-state index in [4.69, 9.17) is 4.74 Å². The van der Waals surface area contributed by atoms with Crippen LogP contribution in [-0.2, 0) is 6.54 Å². The van der Waals surface area contributed by atoms with Crippen LogP contribution in [0.2, 0.25) is 0 Å². The highest BCUT2D eigenvalue weighted by Gasteiger charge is 2.18. The molecule has 0 aliphatic carbocycles. The van der Waals surface area contributed by atoms with Gasteiger partial charge in [0, 0.05) is 19.1 Å². The molecule has 1 aromatic carbocycles. The van der Waals surface area contributed by atoms with Crippen LogP contribution in [0, 0.1) is 0 Å². The number of halogens is 1. The zero-order chi connectivity index (χ0) is 14.5. The van der Waals surface area contributed by atoms with Crippen molar-refractivity contribution in [3.8, 4) is 11.5 Å². The summed E-state index contributed by atoms with van der Waals surface area (Å²) in [4.78, 5) is 2.42. The van der Waals surface area contributed by atoms with Gasteiger partial charge in [0.1, 0.15) is 0 Å². The number of ether oxygens (including phenoxy) is 1. The van der Waals surface area contributed by atoms with Gasteiger partial charge in [-0.2, -0.15) is 0 Å². The predicted octanol–water partition coefficient (Wildman–Crippen LogP) is 2.74. The Kier molecular flexibility index (Phi) is 5.69. The standard InChI is InChI=1S/C15H23BrN2O2/c1-3-18(10-12-5-4-6-17-12)9-11-7-13(16)15(19)14(8-11)20-2/h7-8,12,17,19H,3-6,9-10H2,1-2H3. The molecule has 0 amide bonds. The first kappa shape index (κ1) is 15.6. The van der Waals surface area contributed by atoms with Crippen molar-refractivity contribution in [3.05, 3.63) is 22.2 Å². The Morgan fingerprint density at radius 3 is 2.90 bits per heavy atom. The maximum absolute atomic E-state index is 9.85. The molecular weight excluding hydrogens is 320 g/mol. The molecule has 0 spiro atoms. The number of benzene rings is 1. The van der Waals surface area contributed by atoms with Crippen molar-refractivity contribution in [3.63, 3.8) is 0 Å². The summed E-state index contributed by atoms with van der Waals surface area (Å²) in [5.41, 5.74) is 1.14. The number of nitrogens with one attached hydrogen (secondary N) is 1. The topological polar surface area (TPSA) is 44.7 Å². The second-order valence-corrected chi connectivity index (χ2v) is 6.10. The first-order valence-corrected chi connectivity index (χ1v) is 7.94. The minimum atomic E-state index is 0.164. The maximum atomic E-state index is 9.85. The summed E-state index contributed by atoms with van der Waals surface area (Å²) in [6.45, 7) is 6.27. The SMILES string of the molecule is CCN(Cc1cc(Br)c(O)c(OC)c1)CC1CCCN1. The van der Waals surface area contributed by atoms with Crippen molar-refractivity contribution in [2.45, 2.75) is 32.4 Å². The Morgan fingerprint density at radius 1 is 1.50 bits per heavy atom. The quantitative estimate of drug-likeness (QED) is 0.834. The third kappa shape index (κ3) is 3.87. The van der Waals surface area contributed by atoms with Crippen LogP contribution in [0.25, 0.3) is 0 Å². The molecule has 1 aromatic rings. The van der Waals surface area contributed by atoms with Gasteiger partial charge in [-0.05, 0) is 59.6 Å². The van der Waals surface area contributed by atoms with Crippen LogP contribution in [0.1, 0.15) is 25.3 Å². The maximum Gasteiger partial charge on any atom is 0.172 e. The Hall–Kier alpha value is -0.780. The van der Waals surface area contributed by atoms with E-state index in [-0.39, 0.29) is 5.75 Å². The summed E-state index contributed by atoms with van der Waals surface area (Å²) >= 11 is 3.38. The van der Waals surface area contributed by atoms with E-state index in [2.05, 4.69) is 33.1 Å². The average molecular weight is 343 g/mol. The molecule has 0 saturated carbocycles. The fourth-order valence-electron chi connectivity index (χ4n) is 2.66. The minimum Gasteiger partial charge on any atom is -0.503 e. The van der Waals surface area contributed by atoms with Crippen molar-refractivity contribution >= 4 is 15.9 Å². The number of aromatic hydroxyl groups is 1. The van der Waals surface area contributed by atoms with Gasteiger partial charge in [0.05, 0.1) is 11.6 Å². The van der Waals surface area contributed by atoms with Gasteiger partial charge in [-0.1, -0.05) is 6.92 Å². The van der Waals surface area contributed by atoms with E-state index in [1.54, 1.807) is 7.11 Å². The number of phenols is 1. The third-order valence-corrected chi connectivity index (χ3v) is 4.41. The molecule has 1 atom stereocenters. The molecule has 20 heavy (non-hydrogen) atoms. The molecule has 1 aliphatic rings. The molecule has 112 valence electrons.